The highest BCUT2D eigenvalue weighted by molar-refractivity contribution is 7.73. The zero-order valence-electron chi connectivity index (χ0n) is 7.23. The van der Waals surface area contributed by atoms with Crippen LogP contribution in [0.15, 0.2) is 35.7 Å². The minimum atomic E-state index is 0.916. The first-order valence-corrected chi connectivity index (χ1v) is 5.28. The largest absolute Gasteiger partial charge is 0.326 e. The first-order valence-electron chi connectivity index (χ1n) is 3.99. The van der Waals surface area contributed by atoms with E-state index in [0.29, 0.717) is 0 Å². The van der Waals surface area contributed by atoms with E-state index in [2.05, 4.69) is 17.5 Å². The molecule has 1 heterocycles. The summed E-state index contributed by atoms with van der Waals surface area (Å²) < 4.78 is 2.95. The van der Waals surface area contributed by atoms with Crippen LogP contribution >= 0.6 is 23.6 Å². The van der Waals surface area contributed by atoms with Gasteiger partial charge in [0.25, 0.3) is 0 Å². The summed E-state index contributed by atoms with van der Waals surface area (Å²) in [5, 5.41) is 2.09. The zero-order chi connectivity index (χ0) is 9.26. The van der Waals surface area contributed by atoms with Gasteiger partial charge in [-0.1, -0.05) is 30.3 Å². The van der Waals surface area contributed by atoms with Gasteiger partial charge >= 0.3 is 0 Å². The Hall–Kier alpha value is -0.930. The van der Waals surface area contributed by atoms with Crippen molar-refractivity contribution < 1.29 is 0 Å². The Morgan fingerprint density at radius 3 is 2.46 bits per heavy atom. The van der Waals surface area contributed by atoms with Crippen LogP contribution in [0, 0.1) is 3.95 Å². The minimum Gasteiger partial charge on any atom is -0.326 e. The second-order valence-electron chi connectivity index (χ2n) is 2.81. The van der Waals surface area contributed by atoms with Gasteiger partial charge in [-0.3, -0.25) is 0 Å². The van der Waals surface area contributed by atoms with Crippen LogP contribution in [0.4, 0.5) is 0 Å². The standard InChI is InChI=1S/C10H9NS2/c1-11-9(7-13-10(11)12)8-5-3-2-4-6-8/h2-7H,1H3. The molecular weight excluding hydrogens is 198 g/mol. The summed E-state index contributed by atoms with van der Waals surface area (Å²) in [4.78, 5) is 0. The van der Waals surface area contributed by atoms with Crippen LogP contribution in [-0.2, 0) is 7.05 Å². The highest BCUT2D eigenvalue weighted by Crippen LogP contribution is 2.21. The average molecular weight is 207 g/mol. The predicted molar refractivity (Wildman–Crippen MR) is 59.6 cm³/mol. The monoisotopic (exact) mass is 207 g/mol. The van der Waals surface area contributed by atoms with Gasteiger partial charge in [-0.2, -0.15) is 0 Å². The Morgan fingerprint density at radius 1 is 1.23 bits per heavy atom. The molecule has 0 bridgehead atoms. The van der Waals surface area contributed by atoms with Gasteiger partial charge < -0.3 is 4.57 Å². The number of hydrogen-bond donors (Lipinski definition) is 0. The molecule has 1 nitrogen and oxygen atoms in total. The third-order valence-corrected chi connectivity index (χ3v) is 3.36. The van der Waals surface area contributed by atoms with Crippen molar-refractivity contribution in [2.24, 2.45) is 7.05 Å². The smallest absolute Gasteiger partial charge is 0.161 e. The molecule has 0 N–H and O–H groups in total. The third kappa shape index (κ3) is 1.57. The summed E-state index contributed by atoms with van der Waals surface area (Å²) in [5.41, 5.74) is 2.41. The summed E-state index contributed by atoms with van der Waals surface area (Å²) in [6.45, 7) is 0. The van der Waals surface area contributed by atoms with Crippen molar-refractivity contribution in [3.63, 3.8) is 0 Å². The van der Waals surface area contributed by atoms with Gasteiger partial charge in [0.05, 0.1) is 5.69 Å². The van der Waals surface area contributed by atoms with E-state index in [1.807, 2.05) is 29.8 Å². The van der Waals surface area contributed by atoms with Crippen molar-refractivity contribution in [3.05, 3.63) is 39.7 Å². The molecule has 1 aromatic carbocycles. The minimum absolute atomic E-state index is 0.916. The number of aromatic nitrogens is 1. The average Bonchev–Trinajstić information content (AvgIpc) is 2.49. The fraction of sp³-hybridized carbons (Fsp3) is 0.100. The highest BCUT2D eigenvalue weighted by Gasteiger charge is 2.01. The van der Waals surface area contributed by atoms with Crippen LogP contribution in [0.1, 0.15) is 0 Å². The second-order valence-corrected chi connectivity index (χ2v) is 4.32. The molecule has 0 aliphatic rings. The van der Waals surface area contributed by atoms with Gasteiger partial charge in [0.15, 0.2) is 3.95 Å². The molecule has 13 heavy (non-hydrogen) atoms. The van der Waals surface area contributed by atoms with Crippen molar-refractivity contribution in [2.45, 2.75) is 0 Å². The molecule has 66 valence electrons. The van der Waals surface area contributed by atoms with Gasteiger partial charge in [0.1, 0.15) is 0 Å². The van der Waals surface area contributed by atoms with Gasteiger partial charge in [-0.25, -0.2) is 0 Å². The van der Waals surface area contributed by atoms with Gasteiger partial charge in [-0.05, 0) is 17.8 Å². The molecule has 0 aliphatic carbocycles. The van der Waals surface area contributed by atoms with E-state index in [-0.39, 0.29) is 0 Å². The third-order valence-electron chi connectivity index (χ3n) is 1.98. The van der Waals surface area contributed by atoms with Crippen LogP contribution < -0.4 is 0 Å². The summed E-state index contributed by atoms with van der Waals surface area (Å²) >= 11 is 6.76. The van der Waals surface area contributed by atoms with Gasteiger partial charge in [0, 0.05) is 12.4 Å². The Labute approximate surface area is 86.3 Å². The molecule has 0 amide bonds. The Morgan fingerprint density at radius 2 is 1.92 bits per heavy atom. The predicted octanol–water partition coefficient (Wildman–Crippen LogP) is 3.48. The number of hydrogen-bond acceptors (Lipinski definition) is 2. The molecule has 0 fully saturated rings. The maximum Gasteiger partial charge on any atom is 0.161 e. The Balaban J connectivity index is 2.60. The Kier molecular flexibility index (Phi) is 2.29. The molecule has 2 aromatic rings. The Bertz CT molecular complexity index is 453. The molecule has 0 saturated carbocycles. The second kappa shape index (κ2) is 3.44. The van der Waals surface area contributed by atoms with Gasteiger partial charge in [-0.15, -0.1) is 11.3 Å². The quantitative estimate of drug-likeness (QED) is 0.648. The normalized spacial score (nSPS) is 10.2. The van der Waals surface area contributed by atoms with Crippen molar-refractivity contribution in [2.75, 3.05) is 0 Å². The van der Waals surface area contributed by atoms with Crippen molar-refractivity contribution in [3.8, 4) is 11.3 Å². The van der Waals surface area contributed by atoms with Crippen LogP contribution in [-0.4, -0.2) is 4.57 Å². The number of nitrogens with zero attached hydrogens (tertiary/aromatic N) is 1. The highest BCUT2D eigenvalue weighted by atomic mass is 32.1. The van der Waals surface area contributed by atoms with Crippen LogP contribution in [0.3, 0.4) is 0 Å². The fourth-order valence-corrected chi connectivity index (χ4v) is 2.24. The lowest BCUT2D eigenvalue weighted by molar-refractivity contribution is 0.930. The van der Waals surface area contributed by atoms with E-state index < -0.39 is 0 Å². The van der Waals surface area contributed by atoms with E-state index >= 15 is 0 Å². The molecule has 1 aromatic heterocycles. The van der Waals surface area contributed by atoms with E-state index in [1.54, 1.807) is 11.3 Å². The molecule has 0 atom stereocenters. The van der Waals surface area contributed by atoms with E-state index in [1.165, 1.54) is 11.3 Å². The number of rotatable bonds is 1. The summed E-state index contributed by atoms with van der Waals surface area (Å²) in [6, 6.07) is 10.3. The van der Waals surface area contributed by atoms with Crippen molar-refractivity contribution >= 4 is 23.6 Å². The van der Waals surface area contributed by atoms with Crippen LogP contribution in [0.25, 0.3) is 11.3 Å². The van der Waals surface area contributed by atoms with Crippen molar-refractivity contribution in [1.29, 1.82) is 0 Å². The first-order chi connectivity index (χ1) is 6.29. The lowest BCUT2D eigenvalue weighted by Gasteiger charge is -2.00. The van der Waals surface area contributed by atoms with Crippen LogP contribution in [0.2, 0.25) is 0 Å². The van der Waals surface area contributed by atoms with E-state index in [9.17, 15) is 0 Å². The summed E-state index contributed by atoms with van der Waals surface area (Å²) in [7, 11) is 2.00. The lowest BCUT2D eigenvalue weighted by atomic mass is 10.2. The lowest BCUT2D eigenvalue weighted by Crippen LogP contribution is -1.89. The molecule has 0 radical (unpaired) electrons. The SMILES string of the molecule is Cn1c(-c2ccccc2)csc1=S. The van der Waals surface area contributed by atoms with Gasteiger partial charge in [0.2, 0.25) is 0 Å². The molecular formula is C10H9NS2. The molecule has 0 unspecified atom stereocenters. The molecule has 3 heteroatoms. The van der Waals surface area contributed by atoms with Crippen LogP contribution in [0.5, 0.6) is 0 Å². The number of benzene rings is 1. The zero-order valence-corrected chi connectivity index (χ0v) is 8.86. The first kappa shape index (κ1) is 8.66. The number of thiazole rings is 1. The fourth-order valence-electron chi connectivity index (χ4n) is 1.23. The van der Waals surface area contributed by atoms with Crippen molar-refractivity contribution in [1.82, 2.24) is 4.57 Å². The van der Waals surface area contributed by atoms with E-state index in [0.717, 1.165) is 3.95 Å². The topological polar surface area (TPSA) is 4.93 Å². The molecule has 0 saturated heterocycles. The summed E-state index contributed by atoms with van der Waals surface area (Å²) in [5.74, 6) is 0. The molecule has 0 spiro atoms. The maximum atomic E-state index is 5.16. The molecule has 2 rings (SSSR count). The summed E-state index contributed by atoms with van der Waals surface area (Å²) in [6.07, 6.45) is 0. The van der Waals surface area contributed by atoms with E-state index in [4.69, 9.17) is 12.2 Å². The molecule has 0 aliphatic heterocycles. The maximum absolute atomic E-state index is 5.16.